The molecule has 0 amide bonds. The molecule has 0 nitrogen and oxygen atoms in total. The molecule has 1 aliphatic rings. The van der Waals surface area contributed by atoms with Gasteiger partial charge in [-0.25, -0.2) is 0 Å². The fourth-order valence-corrected chi connectivity index (χ4v) is 4.85. The SMILES string of the molecule is CCCC(C)CC(C)C/C=C/c1ccc2c(c1C)C(C)CC(C)C2. The molecule has 0 spiro atoms. The topological polar surface area (TPSA) is 0 Å². The van der Waals surface area contributed by atoms with Crippen molar-refractivity contribution in [3.63, 3.8) is 0 Å². The Hall–Kier alpha value is -1.04. The van der Waals surface area contributed by atoms with Crippen molar-refractivity contribution in [1.82, 2.24) is 0 Å². The standard InChI is InChI=1S/C24H38/c1-7-9-17(2)14-18(3)10-8-11-22-12-13-23-16-19(4)15-20(5)24(23)21(22)6/h8,11-13,17-20H,7,9-10,14-16H2,1-6H3/b11-8+. The molecule has 0 aromatic heterocycles. The first-order valence-corrected chi connectivity index (χ1v) is 10.2. The molecule has 0 N–H and O–H groups in total. The molecule has 134 valence electrons. The molecule has 1 aromatic rings. The summed E-state index contributed by atoms with van der Waals surface area (Å²) in [7, 11) is 0. The van der Waals surface area contributed by atoms with E-state index in [0.29, 0.717) is 5.92 Å². The molecule has 0 saturated heterocycles. The molecule has 1 aliphatic carbocycles. The van der Waals surface area contributed by atoms with E-state index < -0.39 is 0 Å². The van der Waals surface area contributed by atoms with Crippen LogP contribution in [0.4, 0.5) is 0 Å². The molecule has 4 atom stereocenters. The molecule has 0 bridgehead atoms. The molecular weight excluding hydrogens is 288 g/mol. The van der Waals surface area contributed by atoms with E-state index >= 15 is 0 Å². The van der Waals surface area contributed by atoms with Crippen LogP contribution in [-0.2, 0) is 6.42 Å². The maximum atomic E-state index is 2.41. The lowest BCUT2D eigenvalue weighted by Gasteiger charge is -2.29. The predicted octanol–water partition coefficient (Wildman–Crippen LogP) is 7.55. The van der Waals surface area contributed by atoms with Gasteiger partial charge >= 0.3 is 0 Å². The van der Waals surface area contributed by atoms with Crippen LogP contribution >= 0.6 is 0 Å². The first-order chi connectivity index (χ1) is 11.4. The van der Waals surface area contributed by atoms with Gasteiger partial charge in [0.05, 0.1) is 0 Å². The van der Waals surface area contributed by atoms with Gasteiger partial charge in [-0.1, -0.05) is 71.7 Å². The molecule has 4 unspecified atom stereocenters. The van der Waals surface area contributed by atoms with Gasteiger partial charge in [0.1, 0.15) is 0 Å². The van der Waals surface area contributed by atoms with Crippen LogP contribution in [-0.4, -0.2) is 0 Å². The Kier molecular flexibility index (Phi) is 7.14. The van der Waals surface area contributed by atoms with Gasteiger partial charge in [-0.3, -0.25) is 0 Å². The van der Waals surface area contributed by atoms with Crippen LogP contribution in [0.1, 0.15) is 94.9 Å². The number of allylic oxidation sites excluding steroid dienone is 1. The minimum Gasteiger partial charge on any atom is -0.0837 e. The second-order valence-corrected chi connectivity index (χ2v) is 8.67. The third kappa shape index (κ3) is 4.98. The van der Waals surface area contributed by atoms with Crippen LogP contribution < -0.4 is 0 Å². The van der Waals surface area contributed by atoms with Crippen molar-refractivity contribution in [3.8, 4) is 0 Å². The molecule has 0 heterocycles. The van der Waals surface area contributed by atoms with Crippen molar-refractivity contribution in [3.05, 3.63) is 40.5 Å². The second kappa shape index (κ2) is 8.88. The second-order valence-electron chi connectivity index (χ2n) is 8.67. The normalized spacial score (nSPS) is 23.2. The van der Waals surface area contributed by atoms with E-state index in [-0.39, 0.29) is 0 Å². The highest BCUT2D eigenvalue weighted by atomic mass is 14.3. The Balaban J connectivity index is 2.02. The van der Waals surface area contributed by atoms with Gasteiger partial charge in [0.2, 0.25) is 0 Å². The van der Waals surface area contributed by atoms with Gasteiger partial charge in [-0.15, -0.1) is 0 Å². The number of rotatable bonds is 7. The van der Waals surface area contributed by atoms with Crippen molar-refractivity contribution in [1.29, 1.82) is 0 Å². The minimum atomic E-state index is 0.714. The third-order valence-corrected chi connectivity index (χ3v) is 5.89. The van der Waals surface area contributed by atoms with Gasteiger partial charge in [-0.2, -0.15) is 0 Å². The summed E-state index contributed by atoms with van der Waals surface area (Å²) in [5.41, 5.74) is 6.19. The Bertz CT molecular complexity index is 551. The first kappa shape index (κ1) is 19.3. The molecule has 1 aromatic carbocycles. The summed E-state index contributed by atoms with van der Waals surface area (Å²) in [6, 6.07) is 4.74. The molecule has 0 saturated carbocycles. The highest BCUT2D eigenvalue weighted by Gasteiger charge is 2.23. The van der Waals surface area contributed by atoms with Gasteiger partial charge in [0.15, 0.2) is 0 Å². The van der Waals surface area contributed by atoms with E-state index in [1.165, 1.54) is 49.7 Å². The lowest BCUT2D eigenvalue weighted by atomic mass is 9.75. The fraction of sp³-hybridized carbons (Fsp3) is 0.667. The highest BCUT2D eigenvalue weighted by molar-refractivity contribution is 5.58. The Morgan fingerprint density at radius 1 is 1.17 bits per heavy atom. The lowest BCUT2D eigenvalue weighted by Crippen LogP contribution is -2.16. The molecule has 0 radical (unpaired) electrons. The summed E-state index contributed by atoms with van der Waals surface area (Å²) in [6.45, 7) is 14.2. The van der Waals surface area contributed by atoms with E-state index in [1.807, 2.05) is 0 Å². The lowest BCUT2D eigenvalue weighted by molar-refractivity contribution is 0.394. The summed E-state index contributed by atoms with van der Waals surface area (Å²) in [6.07, 6.45) is 12.6. The summed E-state index contributed by atoms with van der Waals surface area (Å²) in [5, 5.41) is 0. The summed E-state index contributed by atoms with van der Waals surface area (Å²) >= 11 is 0. The zero-order valence-corrected chi connectivity index (χ0v) is 16.9. The average Bonchev–Trinajstić information content (AvgIpc) is 2.49. The van der Waals surface area contributed by atoms with Gasteiger partial charge in [-0.05, 0) is 78.5 Å². The Morgan fingerprint density at radius 2 is 1.92 bits per heavy atom. The fourth-order valence-electron chi connectivity index (χ4n) is 4.85. The van der Waals surface area contributed by atoms with E-state index in [0.717, 1.165) is 17.8 Å². The molecule has 2 rings (SSSR count). The van der Waals surface area contributed by atoms with Crippen molar-refractivity contribution < 1.29 is 0 Å². The maximum absolute atomic E-state index is 2.41. The molecule has 24 heavy (non-hydrogen) atoms. The Morgan fingerprint density at radius 3 is 2.62 bits per heavy atom. The highest BCUT2D eigenvalue weighted by Crippen LogP contribution is 2.37. The molecular formula is C24H38. The monoisotopic (exact) mass is 326 g/mol. The van der Waals surface area contributed by atoms with Crippen molar-refractivity contribution in [2.45, 2.75) is 86.0 Å². The quantitative estimate of drug-likeness (QED) is 0.485. The maximum Gasteiger partial charge on any atom is -0.0182 e. The van der Waals surface area contributed by atoms with E-state index in [4.69, 9.17) is 0 Å². The van der Waals surface area contributed by atoms with Gasteiger partial charge in [0.25, 0.3) is 0 Å². The molecule has 0 fully saturated rings. The number of fused-ring (bicyclic) bond motifs is 1. The average molecular weight is 327 g/mol. The smallest absolute Gasteiger partial charge is 0.0182 e. The Labute approximate surface area is 150 Å². The van der Waals surface area contributed by atoms with Crippen molar-refractivity contribution >= 4 is 6.08 Å². The summed E-state index contributed by atoms with van der Waals surface area (Å²) in [5.74, 6) is 3.21. The van der Waals surface area contributed by atoms with Crippen LogP contribution in [0, 0.1) is 24.7 Å². The van der Waals surface area contributed by atoms with Crippen LogP contribution in [0.25, 0.3) is 6.08 Å². The van der Waals surface area contributed by atoms with E-state index in [2.05, 4.69) is 65.8 Å². The van der Waals surface area contributed by atoms with E-state index in [1.54, 1.807) is 11.1 Å². The molecule has 0 heteroatoms. The van der Waals surface area contributed by atoms with Crippen LogP contribution in [0.2, 0.25) is 0 Å². The third-order valence-electron chi connectivity index (χ3n) is 5.89. The van der Waals surface area contributed by atoms with Gasteiger partial charge < -0.3 is 0 Å². The van der Waals surface area contributed by atoms with Crippen molar-refractivity contribution in [2.24, 2.45) is 17.8 Å². The minimum absolute atomic E-state index is 0.714. The number of benzene rings is 1. The summed E-state index contributed by atoms with van der Waals surface area (Å²) < 4.78 is 0. The first-order valence-electron chi connectivity index (χ1n) is 10.2. The van der Waals surface area contributed by atoms with E-state index in [9.17, 15) is 0 Å². The predicted molar refractivity (Wildman–Crippen MR) is 109 cm³/mol. The largest absolute Gasteiger partial charge is 0.0837 e. The molecule has 0 aliphatic heterocycles. The summed E-state index contributed by atoms with van der Waals surface area (Å²) in [4.78, 5) is 0. The van der Waals surface area contributed by atoms with Crippen molar-refractivity contribution in [2.75, 3.05) is 0 Å². The zero-order valence-electron chi connectivity index (χ0n) is 16.9. The van der Waals surface area contributed by atoms with Gasteiger partial charge in [0, 0.05) is 0 Å². The van der Waals surface area contributed by atoms with Crippen LogP contribution in [0.15, 0.2) is 18.2 Å². The number of hydrogen-bond acceptors (Lipinski definition) is 0. The van der Waals surface area contributed by atoms with Crippen LogP contribution in [0.5, 0.6) is 0 Å². The zero-order chi connectivity index (χ0) is 17.7. The van der Waals surface area contributed by atoms with Crippen LogP contribution in [0.3, 0.4) is 0 Å². The number of hydrogen-bond donors (Lipinski definition) is 0.